The molecule has 2 aromatic heterocycles. The van der Waals surface area contributed by atoms with Crippen LogP contribution in [0.4, 0.5) is 11.6 Å². The van der Waals surface area contributed by atoms with Crippen LogP contribution in [0.25, 0.3) is 0 Å². The van der Waals surface area contributed by atoms with Crippen LogP contribution in [0.2, 0.25) is 5.02 Å². The van der Waals surface area contributed by atoms with Crippen LogP contribution < -0.4 is 10.1 Å². The van der Waals surface area contributed by atoms with Gasteiger partial charge in [0.25, 0.3) is 0 Å². The lowest BCUT2D eigenvalue weighted by molar-refractivity contribution is 0.398. The van der Waals surface area contributed by atoms with Crippen LogP contribution in [-0.4, -0.2) is 22.1 Å². The third-order valence-electron chi connectivity index (χ3n) is 1.99. The van der Waals surface area contributed by atoms with Gasteiger partial charge in [0.1, 0.15) is 5.02 Å². The van der Waals surface area contributed by atoms with Gasteiger partial charge in [0, 0.05) is 11.9 Å². The monoisotopic (exact) mass is 238 g/mol. The molecule has 2 aromatic rings. The van der Waals surface area contributed by atoms with Crippen LogP contribution in [0.1, 0.15) is 5.69 Å². The first-order valence-corrected chi connectivity index (χ1v) is 5.05. The fourth-order valence-electron chi connectivity index (χ4n) is 1.26. The second-order valence-corrected chi connectivity index (χ2v) is 3.65. The highest BCUT2D eigenvalue weighted by molar-refractivity contribution is 6.31. The average Bonchev–Trinajstić information content (AvgIpc) is 2.67. The summed E-state index contributed by atoms with van der Waals surface area (Å²) >= 11 is 5.82. The van der Waals surface area contributed by atoms with Crippen molar-refractivity contribution in [2.75, 3.05) is 12.4 Å². The van der Waals surface area contributed by atoms with Crippen molar-refractivity contribution in [1.29, 1.82) is 0 Å². The van der Waals surface area contributed by atoms with Gasteiger partial charge in [-0.05, 0) is 13.0 Å². The van der Waals surface area contributed by atoms with E-state index in [-0.39, 0.29) is 0 Å². The number of hydrogen-bond acceptors (Lipinski definition) is 4. The molecule has 2 rings (SSSR count). The SMILES string of the molecule is COc1nc(Nc2c[nH]c(C)c2)ncc1Cl. The molecular weight excluding hydrogens is 228 g/mol. The van der Waals surface area contributed by atoms with E-state index in [1.165, 1.54) is 13.3 Å². The maximum Gasteiger partial charge on any atom is 0.237 e. The van der Waals surface area contributed by atoms with E-state index in [1.807, 2.05) is 19.2 Å². The summed E-state index contributed by atoms with van der Waals surface area (Å²) in [4.78, 5) is 11.2. The van der Waals surface area contributed by atoms with Gasteiger partial charge in [-0.25, -0.2) is 4.98 Å². The molecule has 84 valence electrons. The number of rotatable bonds is 3. The number of hydrogen-bond donors (Lipinski definition) is 2. The molecule has 0 radical (unpaired) electrons. The zero-order valence-electron chi connectivity index (χ0n) is 8.91. The van der Waals surface area contributed by atoms with Gasteiger partial charge in [0.2, 0.25) is 11.8 Å². The standard InChI is InChI=1S/C10H11ClN4O/c1-6-3-7(4-12-6)14-10-13-5-8(11)9(15-10)16-2/h3-5,12H,1-2H3,(H,13,14,15). The Morgan fingerprint density at radius 1 is 1.50 bits per heavy atom. The van der Waals surface area contributed by atoms with E-state index in [0.29, 0.717) is 16.9 Å². The van der Waals surface area contributed by atoms with Gasteiger partial charge in [0.05, 0.1) is 19.0 Å². The fourth-order valence-corrected chi connectivity index (χ4v) is 1.43. The van der Waals surface area contributed by atoms with E-state index < -0.39 is 0 Å². The van der Waals surface area contributed by atoms with Gasteiger partial charge in [-0.3, -0.25) is 0 Å². The molecule has 0 aliphatic heterocycles. The number of aryl methyl sites for hydroxylation is 1. The number of ether oxygens (including phenoxy) is 1. The number of aromatic nitrogens is 3. The molecule has 0 amide bonds. The second kappa shape index (κ2) is 4.40. The number of halogens is 1. The zero-order chi connectivity index (χ0) is 11.5. The van der Waals surface area contributed by atoms with Crippen LogP contribution in [0.15, 0.2) is 18.5 Å². The molecule has 0 saturated carbocycles. The highest BCUT2D eigenvalue weighted by Crippen LogP contribution is 2.22. The molecule has 6 heteroatoms. The van der Waals surface area contributed by atoms with Gasteiger partial charge >= 0.3 is 0 Å². The first-order chi connectivity index (χ1) is 7.69. The summed E-state index contributed by atoms with van der Waals surface area (Å²) in [7, 11) is 1.51. The predicted molar refractivity (Wildman–Crippen MR) is 62.4 cm³/mol. The topological polar surface area (TPSA) is 62.8 Å². The molecule has 2 N–H and O–H groups in total. The van der Waals surface area contributed by atoms with E-state index in [9.17, 15) is 0 Å². The lowest BCUT2D eigenvalue weighted by Gasteiger charge is -2.05. The highest BCUT2D eigenvalue weighted by Gasteiger charge is 2.05. The Bertz CT molecular complexity index is 497. The molecule has 0 fully saturated rings. The summed E-state index contributed by atoms with van der Waals surface area (Å²) in [5, 5.41) is 3.42. The van der Waals surface area contributed by atoms with Crippen LogP contribution >= 0.6 is 11.6 Å². The van der Waals surface area contributed by atoms with Crippen molar-refractivity contribution in [3.8, 4) is 5.88 Å². The first kappa shape index (κ1) is 10.8. The van der Waals surface area contributed by atoms with Gasteiger partial charge < -0.3 is 15.0 Å². The van der Waals surface area contributed by atoms with Crippen molar-refractivity contribution < 1.29 is 4.74 Å². The third-order valence-corrected chi connectivity index (χ3v) is 2.25. The number of aromatic amines is 1. The summed E-state index contributed by atoms with van der Waals surface area (Å²) in [6, 6.07) is 1.95. The lowest BCUT2D eigenvalue weighted by atomic mass is 10.4. The molecule has 0 saturated heterocycles. The van der Waals surface area contributed by atoms with Crippen molar-refractivity contribution in [2.24, 2.45) is 0 Å². The minimum absolute atomic E-state index is 0.353. The van der Waals surface area contributed by atoms with Crippen LogP contribution in [-0.2, 0) is 0 Å². The lowest BCUT2D eigenvalue weighted by Crippen LogP contribution is -1.98. The van der Waals surface area contributed by atoms with E-state index in [0.717, 1.165) is 11.4 Å². The molecule has 0 aromatic carbocycles. The molecule has 0 spiro atoms. The van der Waals surface area contributed by atoms with E-state index >= 15 is 0 Å². The molecular formula is C10H11ClN4O. The van der Waals surface area contributed by atoms with Crippen molar-refractivity contribution in [2.45, 2.75) is 6.92 Å². The zero-order valence-corrected chi connectivity index (χ0v) is 9.67. The molecule has 2 heterocycles. The van der Waals surface area contributed by atoms with Gasteiger partial charge in [0.15, 0.2) is 0 Å². The van der Waals surface area contributed by atoms with Crippen LogP contribution in [0.3, 0.4) is 0 Å². The predicted octanol–water partition coefficient (Wildman–Crippen LogP) is 2.52. The van der Waals surface area contributed by atoms with Crippen molar-refractivity contribution in [3.63, 3.8) is 0 Å². The quantitative estimate of drug-likeness (QED) is 0.863. The normalized spacial score (nSPS) is 10.2. The number of nitrogens with one attached hydrogen (secondary N) is 2. The number of nitrogens with zero attached hydrogens (tertiary/aromatic N) is 2. The maximum atomic E-state index is 5.82. The van der Waals surface area contributed by atoms with Crippen LogP contribution in [0.5, 0.6) is 5.88 Å². The summed E-state index contributed by atoms with van der Waals surface area (Å²) in [6.45, 7) is 1.97. The van der Waals surface area contributed by atoms with Gasteiger partial charge in [-0.2, -0.15) is 4.98 Å². The second-order valence-electron chi connectivity index (χ2n) is 3.25. The Hall–Kier alpha value is -1.75. The number of H-pyrrole nitrogens is 1. The minimum Gasteiger partial charge on any atom is -0.480 e. The fraction of sp³-hybridized carbons (Fsp3) is 0.200. The molecule has 0 bridgehead atoms. The van der Waals surface area contributed by atoms with Crippen molar-refractivity contribution in [3.05, 3.63) is 29.2 Å². The van der Waals surface area contributed by atoms with E-state index in [2.05, 4.69) is 20.3 Å². The summed E-state index contributed by atoms with van der Waals surface area (Å²) < 4.78 is 5.00. The third kappa shape index (κ3) is 2.25. The molecule has 0 aliphatic carbocycles. The molecule has 0 unspecified atom stereocenters. The molecule has 0 atom stereocenters. The summed E-state index contributed by atoms with van der Waals surface area (Å²) in [5.74, 6) is 0.798. The molecule has 5 nitrogen and oxygen atoms in total. The Morgan fingerprint density at radius 2 is 2.31 bits per heavy atom. The molecule has 0 aliphatic rings. The van der Waals surface area contributed by atoms with Crippen LogP contribution in [0, 0.1) is 6.92 Å². The largest absolute Gasteiger partial charge is 0.480 e. The smallest absolute Gasteiger partial charge is 0.237 e. The average molecular weight is 239 g/mol. The Labute approximate surface area is 97.8 Å². The minimum atomic E-state index is 0.353. The Kier molecular flexibility index (Phi) is 2.96. The Balaban J connectivity index is 2.21. The van der Waals surface area contributed by atoms with E-state index in [1.54, 1.807) is 0 Å². The van der Waals surface area contributed by atoms with Gasteiger partial charge in [-0.15, -0.1) is 0 Å². The van der Waals surface area contributed by atoms with Crippen molar-refractivity contribution in [1.82, 2.24) is 15.0 Å². The maximum absolute atomic E-state index is 5.82. The first-order valence-electron chi connectivity index (χ1n) is 4.67. The van der Waals surface area contributed by atoms with E-state index in [4.69, 9.17) is 16.3 Å². The summed E-state index contributed by atoms with van der Waals surface area (Å²) in [5.41, 5.74) is 1.95. The number of methoxy groups -OCH3 is 1. The highest BCUT2D eigenvalue weighted by atomic mass is 35.5. The molecule has 16 heavy (non-hydrogen) atoms. The summed E-state index contributed by atoms with van der Waals surface area (Å²) in [6.07, 6.45) is 3.33. The number of anilines is 2. The van der Waals surface area contributed by atoms with Crippen molar-refractivity contribution >= 4 is 23.2 Å². The van der Waals surface area contributed by atoms with Gasteiger partial charge in [-0.1, -0.05) is 11.6 Å². The Morgan fingerprint density at radius 3 is 2.94 bits per heavy atom.